The highest BCUT2D eigenvalue weighted by Crippen LogP contribution is 2.21. The van der Waals surface area contributed by atoms with Crippen LogP contribution in [0.4, 0.5) is 11.4 Å². The first-order valence-corrected chi connectivity index (χ1v) is 14.5. The standard InChI is InChI=1S/C30H27ClN4O4S/c1-21(24-10-7-13-27(19-24)32-29(36)25-11-6-12-26(31)18-25)33-34-30(37)23-14-16-28(17-15-23)35(40(2,38)39)20-22-8-4-3-5-9-22/h3-19H,20H2,1-2H3,(H,32,36)(H,34,37). The lowest BCUT2D eigenvalue weighted by atomic mass is 10.1. The summed E-state index contributed by atoms with van der Waals surface area (Å²) >= 11 is 5.98. The summed E-state index contributed by atoms with van der Waals surface area (Å²) in [5.74, 6) is -0.755. The van der Waals surface area contributed by atoms with E-state index in [1.165, 1.54) is 4.31 Å². The molecule has 0 radical (unpaired) electrons. The summed E-state index contributed by atoms with van der Waals surface area (Å²) < 4.78 is 26.2. The van der Waals surface area contributed by atoms with Crippen LogP contribution in [-0.2, 0) is 16.6 Å². The first-order valence-electron chi connectivity index (χ1n) is 12.2. The summed E-state index contributed by atoms with van der Waals surface area (Å²) in [7, 11) is -3.55. The Morgan fingerprint density at radius 2 is 1.48 bits per heavy atom. The molecule has 0 saturated heterocycles. The summed E-state index contributed by atoms with van der Waals surface area (Å²) in [6.45, 7) is 1.90. The summed E-state index contributed by atoms with van der Waals surface area (Å²) in [4.78, 5) is 25.3. The van der Waals surface area contributed by atoms with Crippen LogP contribution in [0.2, 0.25) is 5.02 Å². The fraction of sp³-hybridized carbons (Fsp3) is 0.100. The largest absolute Gasteiger partial charge is 0.322 e. The second-order valence-electron chi connectivity index (χ2n) is 8.99. The Hall–Kier alpha value is -4.47. The van der Waals surface area contributed by atoms with E-state index in [2.05, 4.69) is 15.8 Å². The van der Waals surface area contributed by atoms with Gasteiger partial charge in [0.25, 0.3) is 11.8 Å². The fourth-order valence-electron chi connectivity index (χ4n) is 3.85. The number of halogens is 1. The molecule has 0 aromatic heterocycles. The SMILES string of the molecule is CC(=NNC(=O)c1ccc(N(Cc2ccccc2)S(C)(=O)=O)cc1)c1cccc(NC(=O)c2cccc(Cl)c2)c1. The maximum Gasteiger partial charge on any atom is 0.271 e. The lowest BCUT2D eigenvalue weighted by Gasteiger charge is -2.22. The quantitative estimate of drug-likeness (QED) is 0.197. The molecule has 0 saturated carbocycles. The van der Waals surface area contributed by atoms with Gasteiger partial charge in [-0.1, -0.05) is 60.1 Å². The van der Waals surface area contributed by atoms with Gasteiger partial charge in [-0.05, 0) is 72.6 Å². The van der Waals surface area contributed by atoms with E-state index < -0.39 is 15.9 Å². The molecule has 0 spiro atoms. The third-order valence-electron chi connectivity index (χ3n) is 5.94. The minimum absolute atomic E-state index is 0.174. The Morgan fingerprint density at radius 1 is 0.800 bits per heavy atom. The second-order valence-corrected chi connectivity index (χ2v) is 11.3. The number of benzene rings is 4. The number of amides is 2. The number of hydrazone groups is 1. The van der Waals surface area contributed by atoms with E-state index in [0.29, 0.717) is 38.8 Å². The third-order valence-corrected chi connectivity index (χ3v) is 7.31. The summed E-state index contributed by atoms with van der Waals surface area (Å²) in [5, 5.41) is 7.49. The number of nitrogens with zero attached hydrogens (tertiary/aromatic N) is 2. The maximum atomic E-state index is 12.7. The topological polar surface area (TPSA) is 108 Å². The molecule has 8 nitrogen and oxygen atoms in total. The van der Waals surface area contributed by atoms with Gasteiger partial charge in [0.1, 0.15) is 0 Å². The molecular weight excluding hydrogens is 548 g/mol. The van der Waals surface area contributed by atoms with E-state index in [-0.39, 0.29) is 12.5 Å². The van der Waals surface area contributed by atoms with E-state index in [0.717, 1.165) is 11.8 Å². The van der Waals surface area contributed by atoms with Gasteiger partial charge < -0.3 is 5.32 Å². The van der Waals surface area contributed by atoms with Crippen molar-refractivity contribution in [3.05, 3.63) is 130 Å². The van der Waals surface area contributed by atoms with Crippen molar-refractivity contribution in [2.45, 2.75) is 13.5 Å². The van der Waals surface area contributed by atoms with Crippen molar-refractivity contribution in [2.24, 2.45) is 5.10 Å². The van der Waals surface area contributed by atoms with E-state index in [1.54, 1.807) is 79.7 Å². The molecule has 0 aliphatic carbocycles. The van der Waals surface area contributed by atoms with Gasteiger partial charge in [-0.25, -0.2) is 13.8 Å². The van der Waals surface area contributed by atoms with E-state index in [1.807, 2.05) is 30.3 Å². The minimum atomic E-state index is -3.55. The van der Waals surface area contributed by atoms with Crippen LogP contribution in [0, 0.1) is 0 Å². The van der Waals surface area contributed by atoms with Crippen LogP contribution in [0.5, 0.6) is 0 Å². The fourth-order valence-corrected chi connectivity index (χ4v) is 4.93. The van der Waals surface area contributed by atoms with Gasteiger partial charge >= 0.3 is 0 Å². The Kier molecular flexibility index (Phi) is 8.98. The molecule has 4 aromatic carbocycles. The van der Waals surface area contributed by atoms with Crippen molar-refractivity contribution in [2.75, 3.05) is 15.9 Å². The summed E-state index contributed by atoms with van der Waals surface area (Å²) in [6, 6.07) is 29.2. The van der Waals surface area contributed by atoms with Crippen molar-refractivity contribution in [1.29, 1.82) is 0 Å². The molecule has 0 atom stereocenters. The molecule has 4 rings (SSSR count). The summed E-state index contributed by atoms with van der Waals surface area (Å²) in [5.41, 5.74) is 6.34. The van der Waals surface area contributed by atoms with Gasteiger partial charge in [0.15, 0.2) is 0 Å². The third kappa shape index (κ3) is 7.56. The molecule has 0 fully saturated rings. The molecule has 0 heterocycles. The number of nitrogens with one attached hydrogen (secondary N) is 2. The number of carbonyl (C=O) groups excluding carboxylic acids is 2. The predicted molar refractivity (Wildman–Crippen MR) is 159 cm³/mol. The molecule has 204 valence electrons. The number of anilines is 2. The maximum absolute atomic E-state index is 12.7. The van der Waals surface area contributed by atoms with Crippen LogP contribution >= 0.6 is 11.6 Å². The molecule has 0 unspecified atom stereocenters. The lowest BCUT2D eigenvalue weighted by molar-refractivity contribution is 0.0954. The predicted octanol–water partition coefficient (Wildman–Crippen LogP) is 5.71. The zero-order chi connectivity index (χ0) is 28.7. The lowest BCUT2D eigenvalue weighted by Crippen LogP contribution is -2.29. The minimum Gasteiger partial charge on any atom is -0.322 e. The number of rotatable bonds is 9. The van der Waals surface area contributed by atoms with Crippen molar-refractivity contribution in [3.8, 4) is 0 Å². The first kappa shape index (κ1) is 28.5. The summed E-state index contributed by atoms with van der Waals surface area (Å²) in [6.07, 6.45) is 1.14. The smallest absolute Gasteiger partial charge is 0.271 e. The molecule has 0 aliphatic rings. The van der Waals surface area contributed by atoms with Gasteiger partial charge in [0.05, 0.1) is 24.2 Å². The van der Waals surface area contributed by atoms with Crippen LogP contribution in [-0.4, -0.2) is 32.2 Å². The average Bonchev–Trinajstić information content (AvgIpc) is 2.94. The second kappa shape index (κ2) is 12.6. The molecule has 40 heavy (non-hydrogen) atoms. The van der Waals surface area contributed by atoms with E-state index in [9.17, 15) is 18.0 Å². The van der Waals surface area contributed by atoms with Crippen molar-refractivity contribution in [1.82, 2.24) is 5.43 Å². The Bertz CT molecular complexity index is 1660. The monoisotopic (exact) mass is 574 g/mol. The van der Waals surface area contributed by atoms with E-state index in [4.69, 9.17) is 11.6 Å². The highest BCUT2D eigenvalue weighted by atomic mass is 35.5. The van der Waals surface area contributed by atoms with Gasteiger partial charge in [0.2, 0.25) is 10.0 Å². The number of hydrogen-bond donors (Lipinski definition) is 2. The first-order chi connectivity index (χ1) is 19.1. The van der Waals surface area contributed by atoms with Crippen LogP contribution < -0.4 is 15.0 Å². The molecule has 0 aliphatic heterocycles. The number of carbonyl (C=O) groups is 2. The van der Waals surface area contributed by atoms with E-state index >= 15 is 0 Å². The molecule has 0 bridgehead atoms. The van der Waals surface area contributed by atoms with Crippen LogP contribution in [0.25, 0.3) is 0 Å². The van der Waals surface area contributed by atoms with Crippen molar-refractivity contribution in [3.63, 3.8) is 0 Å². The Morgan fingerprint density at radius 3 is 2.15 bits per heavy atom. The molecular formula is C30H27ClN4O4S. The zero-order valence-corrected chi connectivity index (χ0v) is 23.4. The van der Waals surface area contributed by atoms with Crippen LogP contribution in [0.3, 0.4) is 0 Å². The number of sulfonamides is 1. The van der Waals surface area contributed by atoms with Crippen LogP contribution in [0.1, 0.15) is 38.8 Å². The van der Waals surface area contributed by atoms with Crippen molar-refractivity contribution >= 4 is 50.5 Å². The highest BCUT2D eigenvalue weighted by molar-refractivity contribution is 7.92. The molecule has 10 heteroatoms. The zero-order valence-electron chi connectivity index (χ0n) is 21.8. The highest BCUT2D eigenvalue weighted by Gasteiger charge is 2.18. The van der Waals surface area contributed by atoms with Crippen LogP contribution in [0.15, 0.2) is 108 Å². The molecule has 2 amide bonds. The normalized spacial score (nSPS) is 11.5. The van der Waals surface area contributed by atoms with Gasteiger partial charge in [-0.2, -0.15) is 5.10 Å². The number of hydrogen-bond acceptors (Lipinski definition) is 5. The Labute approximate surface area is 238 Å². The average molecular weight is 575 g/mol. The Balaban J connectivity index is 1.42. The van der Waals surface area contributed by atoms with Gasteiger partial charge in [0, 0.05) is 21.8 Å². The van der Waals surface area contributed by atoms with Gasteiger partial charge in [-0.15, -0.1) is 0 Å². The van der Waals surface area contributed by atoms with Crippen molar-refractivity contribution < 1.29 is 18.0 Å². The molecule has 4 aromatic rings. The van der Waals surface area contributed by atoms with Gasteiger partial charge in [-0.3, -0.25) is 13.9 Å². The molecule has 2 N–H and O–H groups in total.